The largest absolute Gasteiger partial charge is 0.493 e. The summed E-state index contributed by atoms with van der Waals surface area (Å²) in [7, 11) is 0. The molecule has 0 aliphatic rings. The molecule has 2 unspecified atom stereocenters. The van der Waals surface area contributed by atoms with Crippen molar-refractivity contribution in [2.24, 2.45) is 5.73 Å². The molecule has 0 saturated heterocycles. The Kier molecular flexibility index (Phi) is 7.52. The van der Waals surface area contributed by atoms with E-state index in [0.29, 0.717) is 28.8 Å². The van der Waals surface area contributed by atoms with Crippen molar-refractivity contribution in [3.05, 3.63) is 46.5 Å². The van der Waals surface area contributed by atoms with Gasteiger partial charge < -0.3 is 32.0 Å². The molecule has 7 N–H and O–H groups in total. The van der Waals surface area contributed by atoms with E-state index in [4.69, 9.17) is 33.2 Å². The van der Waals surface area contributed by atoms with Crippen molar-refractivity contribution in [1.82, 2.24) is 19.7 Å². The van der Waals surface area contributed by atoms with E-state index in [1.807, 2.05) is 26.8 Å². The summed E-state index contributed by atoms with van der Waals surface area (Å²) in [6, 6.07) is 1.57. The van der Waals surface area contributed by atoms with Crippen LogP contribution in [0.5, 0.6) is 5.75 Å². The summed E-state index contributed by atoms with van der Waals surface area (Å²) in [5, 5.41) is 25.7. The van der Waals surface area contributed by atoms with E-state index in [0.717, 1.165) is 22.3 Å². The molecular weight excluding hydrogens is 444 g/mol. The number of nitrogens with zero attached hydrogens (tertiary/aromatic N) is 4. The molecule has 176 valence electrons. The highest BCUT2D eigenvalue weighted by molar-refractivity contribution is 6.32. The standard InChI is InChI=1S/C22H29ClN8O2/c1-5-33-20-15(13(4)30-22-19(12(3)24)21(26)27-10-28-22)6-16(23)11(2)18(20)14-7-29-31(8-14)9-17(25)32/h6-8,10,13,17,24,32H,5,9,25H2,1-4H3,(H3,26,27,28,30). The summed E-state index contributed by atoms with van der Waals surface area (Å²) in [6.07, 6.45) is 3.82. The minimum atomic E-state index is -1.02. The summed E-state index contributed by atoms with van der Waals surface area (Å²) in [6.45, 7) is 8.00. The zero-order chi connectivity index (χ0) is 24.3. The molecule has 2 aromatic heterocycles. The van der Waals surface area contributed by atoms with Crippen LogP contribution < -0.4 is 21.5 Å². The first-order valence-corrected chi connectivity index (χ1v) is 10.9. The maximum atomic E-state index is 9.49. The molecule has 0 aliphatic heterocycles. The maximum absolute atomic E-state index is 9.49. The summed E-state index contributed by atoms with van der Waals surface area (Å²) in [5.74, 6) is 1.34. The van der Waals surface area contributed by atoms with Crippen molar-refractivity contribution in [3.8, 4) is 16.9 Å². The third kappa shape index (κ3) is 5.24. The van der Waals surface area contributed by atoms with Crippen LogP contribution >= 0.6 is 11.6 Å². The van der Waals surface area contributed by atoms with Gasteiger partial charge in [0.1, 0.15) is 29.9 Å². The molecule has 0 fully saturated rings. The van der Waals surface area contributed by atoms with Gasteiger partial charge in [0.05, 0.1) is 31.0 Å². The summed E-state index contributed by atoms with van der Waals surface area (Å²) in [5.41, 5.74) is 15.4. The van der Waals surface area contributed by atoms with E-state index in [1.54, 1.807) is 24.0 Å². The monoisotopic (exact) mass is 472 g/mol. The van der Waals surface area contributed by atoms with Gasteiger partial charge in [-0.25, -0.2) is 9.97 Å². The number of halogens is 1. The highest BCUT2D eigenvalue weighted by Gasteiger charge is 2.23. The van der Waals surface area contributed by atoms with Crippen LogP contribution in [-0.2, 0) is 6.54 Å². The Labute approximate surface area is 197 Å². The van der Waals surface area contributed by atoms with Gasteiger partial charge in [-0.1, -0.05) is 11.6 Å². The highest BCUT2D eigenvalue weighted by atomic mass is 35.5. The Morgan fingerprint density at radius 3 is 2.76 bits per heavy atom. The molecule has 3 aromatic rings. The second-order valence-electron chi connectivity index (χ2n) is 7.70. The lowest BCUT2D eigenvalue weighted by molar-refractivity contribution is 0.156. The molecule has 0 radical (unpaired) electrons. The van der Waals surface area contributed by atoms with Gasteiger partial charge >= 0.3 is 0 Å². The topological polar surface area (TPSA) is 161 Å². The normalized spacial score (nSPS) is 12.9. The lowest BCUT2D eigenvalue weighted by Crippen LogP contribution is -2.25. The number of aliphatic hydroxyl groups is 1. The van der Waals surface area contributed by atoms with Crippen molar-refractivity contribution in [2.75, 3.05) is 17.7 Å². The number of ether oxygens (including phenoxy) is 1. The number of nitrogens with one attached hydrogen (secondary N) is 2. The number of nitrogens with two attached hydrogens (primary N) is 2. The quantitative estimate of drug-likeness (QED) is 0.234. The zero-order valence-corrected chi connectivity index (χ0v) is 19.8. The second kappa shape index (κ2) is 10.2. The number of nitrogen functional groups attached to an aromatic ring is 1. The van der Waals surface area contributed by atoms with E-state index < -0.39 is 6.23 Å². The number of hydrogen-bond donors (Lipinski definition) is 5. The van der Waals surface area contributed by atoms with E-state index >= 15 is 0 Å². The first-order valence-electron chi connectivity index (χ1n) is 10.5. The van der Waals surface area contributed by atoms with Crippen LogP contribution in [0, 0.1) is 12.3 Å². The molecule has 0 spiro atoms. The number of benzene rings is 1. The van der Waals surface area contributed by atoms with Gasteiger partial charge in [0.2, 0.25) is 0 Å². The fourth-order valence-electron chi connectivity index (χ4n) is 3.66. The Balaban J connectivity index is 2.10. The lowest BCUT2D eigenvalue weighted by Gasteiger charge is -2.24. The predicted octanol–water partition coefficient (Wildman–Crippen LogP) is 3.12. The number of anilines is 2. The van der Waals surface area contributed by atoms with Gasteiger partial charge in [0.25, 0.3) is 0 Å². The first kappa shape index (κ1) is 24.4. The van der Waals surface area contributed by atoms with Crippen LogP contribution in [0.3, 0.4) is 0 Å². The summed E-state index contributed by atoms with van der Waals surface area (Å²) >= 11 is 6.64. The zero-order valence-electron chi connectivity index (χ0n) is 19.1. The number of rotatable bonds is 9. The maximum Gasteiger partial charge on any atom is 0.141 e. The smallest absolute Gasteiger partial charge is 0.141 e. The van der Waals surface area contributed by atoms with E-state index in [9.17, 15) is 5.11 Å². The minimum absolute atomic E-state index is 0.162. The summed E-state index contributed by atoms with van der Waals surface area (Å²) < 4.78 is 7.67. The van der Waals surface area contributed by atoms with E-state index in [-0.39, 0.29) is 24.1 Å². The molecule has 0 bridgehead atoms. The molecule has 2 atom stereocenters. The van der Waals surface area contributed by atoms with Gasteiger partial charge in [-0.2, -0.15) is 5.10 Å². The summed E-state index contributed by atoms with van der Waals surface area (Å²) in [4.78, 5) is 8.28. The van der Waals surface area contributed by atoms with Gasteiger partial charge in [0, 0.05) is 33.6 Å². The molecule has 10 nitrogen and oxygen atoms in total. The van der Waals surface area contributed by atoms with Gasteiger partial charge in [-0.15, -0.1) is 0 Å². The van der Waals surface area contributed by atoms with Crippen molar-refractivity contribution in [1.29, 1.82) is 5.41 Å². The Bertz CT molecular complexity index is 1160. The SMILES string of the molecule is CCOc1c(C(C)Nc2ncnc(N)c2C(C)=N)cc(Cl)c(C)c1-c1cnn(CC(N)O)c1. The van der Waals surface area contributed by atoms with Crippen LogP contribution in [0.2, 0.25) is 5.02 Å². The Morgan fingerprint density at radius 1 is 1.39 bits per heavy atom. The average molecular weight is 473 g/mol. The Hall–Kier alpha value is -3.21. The van der Waals surface area contributed by atoms with Crippen LogP contribution in [0.4, 0.5) is 11.6 Å². The van der Waals surface area contributed by atoms with Crippen molar-refractivity contribution >= 4 is 28.9 Å². The average Bonchev–Trinajstić information content (AvgIpc) is 3.17. The second-order valence-corrected chi connectivity index (χ2v) is 8.11. The molecule has 0 amide bonds. The van der Waals surface area contributed by atoms with Gasteiger partial charge in [-0.05, 0) is 39.3 Å². The molecule has 33 heavy (non-hydrogen) atoms. The molecule has 3 rings (SSSR count). The van der Waals surface area contributed by atoms with Crippen molar-refractivity contribution < 1.29 is 9.84 Å². The predicted molar refractivity (Wildman–Crippen MR) is 130 cm³/mol. The number of aliphatic hydroxyl groups excluding tert-OH is 1. The van der Waals surface area contributed by atoms with Crippen LogP contribution in [0.15, 0.2) is 24.8 Å². The lowest BCUT2D eigenvalue weighted by atomic mass is 9.95. The van der Waals surface area contributed by atoms with Gasteiger partial charge in [0.15, 0.2) is 0 Å². The fraction of sp³-hybridized carbons (Fsp3) is 0.364. The molecule has 11 heteroatoms. The van der Waals surface area contributed by atoms with Gasteiger partial charge in [-0.3, -0.25) is 4.68 Å². The number of hydrogen-bond acceptors (Lipinski definition) is 9. The minimum Gasteiger partial charge on any atom is -0.493 e. The van der Waals surface area contributed by atoms with Crippen molar-refractivity contribution in [2.45, 2.75) is 46.5 Å². The van der Waals surface area contributed by atoms with Crippen LogP contribution in [0.25, 0.3) is 11.1 Å². The fourth-order valence-corrected chi connectivity index (χ4v) is 3.87. The van der Waals surface area contributed by atoms with Crippen LogP contribution in [0.1, 0.15) is 43.5 Å². The van der Waals surface area contributed by atoms with E-state index in [1.165, 1.54) is 6.33 Å². The number of aromatic nitrogens is 4. The van der Waals surface area contributed by atoms with E-state index in [2.05, 4.69) is 20.4 Å². The third-order valence-electron chi connectivity index (χ3n) is 5.16. The molecule has 0 aliphatic carbocycles. The van der Waals surface area contributed by atoms with Crippen LogP contribution in [-0.4, -0.2) is 43.4 Å². The molecular formula is C22H29ClN8O2. The highest BCUT2D eigenvalue weighted by Crippen LogP contribution is 2.43. The first-order chi connectivity index (χ1) is 15.6. The molecule has 1 aromatic carbocycles. The van der Waals surface area contributed by atoms with Crippen molar-refractivity contribution in [3.63, 3.8) is 0 Å². The third-order valence-corrected chi connectivity index (χ3v) is 5.55. The molecule has 0 saturated carbocycles. The molecule has 2 heterocycles. The Morgan fingerprint density at radius 2 is 2.12 bits per heavy atom.